The summed E-state index contributed by atoms with van der Waals surface area (Å²) in [6.07, 6.45) is 0.449. The summed E-state index contributed by atoms with van der Waals surface area (Å²) in [5, 5.41) is 0. The van der Waals surface area contributed by atoms with Crippen molar-refractivity contribution in [3.63, 3.8) is 0 Å². The largest absolute Gasteiger partial charge is 0.493 e. The van der Waals surface area contributed by atoms with Crippen molar-refractivity contribution in [2.75, 3.05) is 61.0 Å². The molecule has 40 heavy (non-hydrogen) atoms. The maximum atomic E-state index is 5.96. The maximum Gasteiger partial charge on any atom is 0.161 e. The van der Waals surface area contributed by atoms with Crippen molar-refractivity contribution in [2.24, 2.45) is 0 Å². The number of methoxy groups -OCH3 is 3. The maximum absolute atomic E-state index is 5.96. The van der Waals surface area contributed by atoms with Crippen LogP contribution in [0.4, 0.5) is 0 Å². The van der Waals surface area contributed by atoms with Gasteiger partial charge in [0, 0.05) is 5.92 Å². The van der Waals surface area contributed by atoms with Crippen LogP contribution in [0, 0.1) is 0 Å². The standard InChI is InChI=1S/C31H34O9/c1-32-28-10-19(4-7-25(28)38-16-22-13-35-22)31(20-5-8-26(29(11-20)33-2)39-17-23-14-36-23)21-6-9-27(30(12-21)34-3)40-18-24-15-37-24/h4-12,22-24,31H,13-18H2,1-3H3. The Labute approximate surface area is 233 Å². The molecule has 9 nitrogen and oxygen atoms in total. The Morgan fingerprint density at radius 3 is 1.07 bits per heavy atom. The molecule has 0 bridgehead atoms. The Balaban J connectivity index is 1.36. The van der Waals surface area contributed by atoms with Crippen LogP contribution >= 0.6 is 0 Å². The van der Waals surface area contributed by atoms with Crippen LogP contribution in [0.5, 0.6) is 34.5 Å². The summed E-state index contributed by atoms with van der Waals surface area (Å²) in [4.78, 5) is 0. The molecule has 3 aliphatic rings. The van der Waals surface area contributed by atoms with Crippen molar-refractivity contribution in [3.8, 4) is 34.5 Å². The number of epoxide rings is 3. The highest BCUT2D eigenvalue weighted by Gasteiger charge is 2.27. The molecule has 3 aromatic carbocycles. The van der Waals surface area contributed by atoms with Crippen LogP contribution in [0.2, 0.25) is 0 Å². The van der Waals surface area contributed by atoms with Gasteiger partial charge in [0.05, 0.1) is 41.2 Å². The zero-order valence-corrected chi connectivity index (χ0v) is 22.9. The van der Waals surface area contributed by atoms with Crippen LogP contribution in [0.3, 0.4) is 0 Å². The monoisotopic (exact) mass is 550 g/mol. The first-order chi connectivity index (χ1) is 19.6. The zero-order valence-electron chi connectivity index (χ0n) is 22.9. The molecule has 3 atom stereocenters. The van der Waals surface area contributed by atoms with E-state index in [1.807, 2.05) is 36.4 Å². The average Bonchev–Trinajstić information content (AvgIpc) is 3.82. The number of hydrogen-bond donors (Lipinski definition) is 0. The van der Waals surface area contributed by atoms with Gasteiger partial charge in [-0.3, -0.25) is 0 Å². The fraction of sp³-hybridized carbons (Fsp3) is 0.419. The average molecular weight is 551 g/mol. The molecule has 0 aromatic heterocycles. The van der Waals surface area contributed by atoms with Crippen LogP contribution < -0.4 is 28.4 Å². The first-order valence-electron chi connectivity index (χ1n) is 13.4. The molecule has 0 amide bonds. The lowest BCUT2D eigenvalue weighted by Crippen LogP contribution is -2.09. The fourth-order valence-corrected chi connectivity index (χ4v) is 4.57. The number of hydrogen-bond acceptors (Lipinski definition) is 9. The quantitative estimate of drug-likeness (QED) is 0.204. The molecule has 3 aromatic rings. The molecule has 3 fully saturated rings. The minimum absolute atomic E-state index is 0.150. The van der Waals surface area contributed by atoms with Gasteiger partial charge < -0.3 is 42.6 Å². The minimum Gasteiger partial charge on any atom is -0.493 e. The number of rotatable bonds is 15. The summed E-state index contributed by atoms with van der Waals surface area (Å²) >= 11 is 0. The van der Waals surface area contributed by atoms with Crippen molar-refractivity contribution >= 4 is 0 Å². The highest BCUT2D eigenvalue weighted by Crippen LogP contribution is 2.42. The number of benzene rings is 3. The lowest BCUT2D eigenvalue weighted by molar-refractivity contribution is 0.251. The van der Waals surface area contributed by atoms with Crippen LogP contribution in [0.1, 0.15) is 22.6 Å². The van der Waals surface area contributed by atoms with Gasteiger partial charge in [-0.2, -0.15) is 0 Å². The first-order valence-corrected chi connectivity index (χ1v) is 13.4. The SMILES string of the molecule is COc1cc(C(c2ccc(OCC3CO3)c(OC)c2)c2ccc(OCC3CO3)c(OC)c2)ccc1OCC1CO1. The van der Waals surface area contributed by atoms with Crippen molar-refractivity contribution in [3.05, 3.63) is 71.3 Å². The number of ether oxygens (including phenoxy) is 9. The van der Waals surface area contributed by atoms with Crippen molar-refractivity contribution < 1.29 is 42.6 Å². The van der Waals surface area contributed by atoms with Gasteiger partial charge in [0.2, 0.25) is 0 Å². The predicted molar refractivity (Wildman–Crippen MR) is 146 cm³/mol. The van der Waals surface area contributed by atoms with E-state index >= 15 is 0 Å². The Kier molecular flexibility index (Phi) is 7.86. The second-order valence-corrected chi connectivity index (χ2v) is 9.96. The van der Waals surface area contributed by atoms with E-state index < -0.39 is 0 Å². The summed E-state index contributed by atoms with van der Waals surface area (Å²) in [7, 11) is 4.93. The van der Waals surface area contributed by atoms with Crippen LogP contribution in [-0.4, -0.2) is 79.3 Å². The van der Waals surface area contributed by atoms with Crippen LogP contribution in [-0.2, 0) is 14.2 Å². The van der Waals surface area contributed by atoms with E-state index in [0.29, 0.717) is 54.3 Å². The third-order valence-electron chi connectivity index (χ3n) is 7.04. The van der Waals surface area contributed by atoms with Crippen molar-refractivity contribution in [1.82, 2.24) is 0 Å². The van der Waals surface area contributed by atoms with E-state index in [-0.39, 0.29) is 24.2 Å². The third kappa shape index (κ3) is 6.38. The normalized spacial score (nSPS) is 21.2. The van der Waals surface area contributed by atoms with Gasteiger partial charge in [-0.25, -0.2) is 0 Å². The molecular weight excluding hydrogens is 516 g/mol. The Morgan fingerprint density at radius 2 is 0.825 bits per heavy atom. The van der Waals surface area contributed by atoms with Crippen LogP contribution in [0.25, 0.3) is 0 Å². The highest BCUT2D eigenvalue weighted by atomic mass is 16.6. The summed E-state index contributed by atoms with van der Waals surface area (Å²) in [6.45, 7) is 3.67. The van der Waals surface area contributed by atoms with Gasteiger partial charge in [0.25, 0.3) is 0 Å². The summed E-state index contributed by atoms with van der Waals surface area (Å²) in [6, 6.07) is 18.0. The molecule has 3 saturated heterocycles. The highest BCUT2D eigenvalue weighted by molar-refractivity contribution is 5.55. The summed E-state index contributed by atoms with van der Waals surface area (Å²) in [5.74, 6) is 3.79. The zero-order chi connectivity index (χ0) is 27.5. The Morgan fingerprint density at radius 1 is 0.525 bits per heavy atom. The molecule has 0 aliphatic carbocycles. The third-order valence-corrected chi connectivity index (χ3v) is 7.04. The van der Waals surface area contributed by atoms with Crippen molar-refractivity contribution in [2.45, 2.75) is 24.2 Å². The molecule has 3 heterocycles. The van der Waals surface area contributed by atoms with Gasteiger partial charge in [-0.15, -0.1) is 0 Å². The smallest absolute Gasteiger partial charge is 0.161 e. The van der Waals surface area contributed by atoms with Gasteiger partial charge in [-0.05, 0) is 53.1 Å². The lowest BCUT2D eigenvalue weighted by Gasteiger charge is -2.23. The topological polar surface area (TPSA) is 93.0 Å². The molecule has 9 heteroatoms. The molecule has 212 valence electrons. The van der Waals surface area contributed by atoms with Crippen molar-refractivity contribution in [1.29, 1.82) is 0 Å². The van der Waals surface area contributed by atoms with E-state index in [1.165, 1.54) is 0 Å². The molecule has 6 rings (SSSR count). The molecular formula is C31H34O9. The molecule has 0 spiro atoms. The van der Waals surface area contributed by atoms with E-state index in [9.17, 15) is 0 Å². The van der Waals surface area contributed by atoms with E-state index in [2.05, 4.69) is 18.2 Å². The van der Waals surface area contributed by atoms with E-state index in [4.69, 9.17) is 42.6 Å². The fourth-order valence-electron chi connectivity index (χ4n) is 4.57. The van der Waals surface area contributed by atoms with Gasteiger partial charge in [0.15, 0.2) is 34.5 Å². The molecule has 0 saturated carbocycles. The van der Waals surface area contributed by atoms with E-state index in [1.54, 1.807) is 21.3 Å². The molecule has 0 N–H and O–H groups in total. The van der Waals surface area contributed by atoms with Gasteiger partial charge >= 0.3 is 0 Å². The molecule has 3 unspecified atom stereocenters. The second kappa shape index (κ2) is 11.8. The van der Waals surface area contributed by atoms with Crippen LogP contribution in [0.15, 0.2) is 54.6 Å². The van der Waals surface area contributed by atoms with Gasteiger partial charge in [-0.1, -0.05) is 18.2 Å². The Bertz CT molecular complexity index is 1150. The summed E-state index contributed by atoms with van der Waals surface area (Å²) < 4.78 is 50.9. The predicted octanol–water partition coefficient (Wildman–Crippen LogP) is 4.23. The lowest BCUT2D eigenvalue weighted by atomic mass is 9.84. The summed E-state index contributed by atoms with van der Waals surface area (Å²) in [5.41, 5.74) is 3.03. The second-order valence-electron chi connectivity index (χ2n) is 9.96. The van der Waals surface area contributed by atoms with E-state index in [0.717, 1.165) is 36.5 Å². The first kappa shape index (κ1) is 26.6. The molecule has 3 aliphatic heterocycles. The molecule has 0 radical (unpaired) electrons. The minimum atomic E-state index is -0.181. The Hall–Kier alpha value is -3.66. The van der Waals surface area contributed by atoms with Gasteiger partial charge in [0.1, 0.15) is 38.1 Å².